The number of halogens is 3. The molecule has 21 heavy (non-hydrogen) atoms. The molecular formula is C13H21F3N4O. The monoisotopic (exact) mass is 306 g/mol. The number of rotatable bonds is 6. The van der Waals surface area contributed by atoms with E-state index in [1.54, 1.807) is 13.8 Å². The van der Waals surface area contributed by atoms with Crippen molar-refractivity contribution in [3.05, 3.63) is 11.4 Å². The number of hydrogen-bond donors (Lipinski definition) is 1. The molecule has 0 bridgehead atoms. The number of nitrogens with two attached hydrogens (primary N) is 1. The van der Waals surface area contributed by atoms with Crippen molar-refractivity contribution in [2.24, 2.45) is 0 Å². The van der Waals surface area contributed by atoms with Crippen LogP contribution in [0.5, 0.6) is 0 Å². The van der Waals surface area contributed by atoms with Gasteiger partial charge < -0.3 is 10.6 Å². The van der Waals surface area contributed by atoms with Crippen molar-refractivity contribution in [2.75, 3.05) is 18.8 Å². The molecular weight excluding hydrogens is 285 g/mol. The molecule has 1 rings (SSSR count). The van der Waals surface area contributed by atoms with Gasteiger partial charge in [0.2, 0.25) is 0 Å². The highest BCUT2D eigenvalue weighted by Gasteiger charge is 2.35. The summed E-state index contributed by atoms with van der Waals surface area (Å²) < 4.78 is 39.3. The van der Waals surface area contributed by atoms with E-state index in [4.69, 9.17) is 5.73 Å². The SMILES string of the molecule is CCCCN(CC(F)(F)F)C(=O)c1c(N)c(C)nn1CC. The molecule has 0 radical (unpaired) electrons. The summed E-state index contributed by atoms with van der Waals surface area (Å²) in [5.41, 5.74) is 6.43. The number of nitrogen functional groups attached to an aromatic ring is 1. The molecule has 0 spiro atoms. The number of carbonyl (C=O) groups excluding carboxylic acids is 1. The van der Waals surface area contributed by atoms with Crippen molar-refractivity contribution in [1.82, 2.24) is 14.7 Å². The van der Waals surface area contributed by atoms with Crippen LogP contribution in [-0.4, -0.2) is 39.9 Å². The molecule has 8 heteroatoms. The summed E-state index contributed by atoms with van der Waals surface area (Å²) in [7, 11) is 0. The predicted octanol–water partition coefficient (Wildman–Crippen LogP) is 2.60. The fourth-order valence-electron chi connectivity index (χ4n) is 2.02. The summed E-state index contributed by atoms with van der Waals surface area (Å²) in [5.74, 6) is -0.722. The minimum atomic E-state index is -4.44. The first-order chi connectivity index (χ1) is 9.71. The molecule has 0 atom stereocenters. The van der Waals surface area contributed by atoms with E-state index in [0.29, 0.717) is 25.1 Å². The van der Waals surface area contributed by atoms with Crippen LogP contribution in [0.3, 0.4) is 0 Å². The van der Waals surface area contributed by atoms with Crippen LogP contribution < -0.4 is 5.73 Å². The van der Waals surface area contributed by atoms with Gasteiger partial charge >= 0.3 is 6.18 Å². The van der Waals surface area contributed by atoms with Gasteiger partial charge in [0.25, 0.3) is 5.91 Å². The Bertz CT molecular complexity index is 496. The van der Waals surface area contributed by atoms with Crippen LogP contribution in [0.1, 0.15) is 42.9 Å². The van der Waals surface area contributed by atoms with Gasteiger partial charge in [0.1, 0.15) is 12.2 Å². The third kappa shape index (κ3) is 4.37. The van der Waals surface area contributed by atoms with Crippen LogP contribution in [0.25, 0.3) is 0 Å². The molecule has 0 aliphatic rings. The summed E-state index contributed by atoms with van der Waals surface area (Å²) in [6.07, 6.45) is -3.24. The standard InChI is InChI=1S/C13H21F3N4O/c1-4-6-7-19(8-13(14,15)16)12(21)11-10(17)9(3)18-20(11)5-2/h4-8,17H2,1-3H3. The highest BCUT2D eigenvalue weighted by atomic mass is 19.4. The molecule has 0 fully saturated rings. The third-order valence-corrected chi connectivity index (χ3v) is 3.11. The van der Waals surface area contributed by atoms with Gasteiger partial charge in [-0.1, -0.05) is 13.3 Å². The maximum absolute atomic E-state index is 12.6. The van der Waals surface area contributed by atoms with Crippen molar-refractivity contribution in [2.45, 2.75) is 46.3 Å². The van der Waals surface area contributed by atoms with E-state index in [9.17, 15) is 18.0 Å². The molecule has 1 amide bonds. The van der Waals surface area contributed by atoms with Crippen LogP contribution >= 0.6 is 0 Å². The van der Waals surface area contributed by atoms with Crippen LogP contribution in [-0.2, 0) is 6.54 Å². The average Bonchev–Trinajstić information content (AvgIpc) is 2.68. The molecule has 0 aromatic carbocycles. The lowest BCUT2D eigenvalue weighted by atomic mass is 10.2. The van der Waals surface area contributed by atoms with E-state index in [0.717, 1.165) is 4.90 Å². The summed E-state index contributed by atoms with van der Waals surface area (Å²) in [5, 5.41) is 4.07. The molecule has 0 saturated heterocycles. The number of aryl methyl sites for hydroxylation is 2. The summed E-state index contributed by atoms with van der Waals surface area (Å²) in [6.45, 7) is 4.36. The Balaban J connectivity index is 3.10. The van der Waals surface area contributed by atoms with Crippen molar-refractivity contribution >= 4 is 11.6 Å². The van der Waals surface area contributed by atoms with Gasteiger partial charge in [0.05, 0.1) is 11.4 Å². The minimum absolute atomic E-state index is 0.0374. The lowest BCUT2D eigenvalue weighted by Gasteiger charge is -2.24. The van der Waals surface area contributed by atoms with E-state index >= 15 is 0 Å². The van der Waals surface area contributed by atoms with E-state index in [-0.39, 0.29) is 17.9 Å². The summed E-state index contributed by atoms with van der Waals surface area (Å²) in [6, 6.07) is 0. The topological polar surface area (TPSA) is 64.2 Å². The Kier molecular flexibility index (Phi) is 5.62. The minimum Gasteiger partial charge on any atom is -0.395 e. The predicted molar refractivity (Wildman–Crippen MR) is 73.9 cm³/mol. The number of nitrogens with zero attached hydrogens (tertiary/aromatic N) is 3. The van der Waals surface area contributed by atoms with E-state index in [2.05, 4.69) is 5.10 Å². The van der Waals surface area contributed by atoms with Crippen LogP contribution in [0.4, 0.5) is 18.9 Å². The Morgan fingerprint density at radius 2 is 2.00 bits per heavy atom. The number of unbranched alkanes of at least 4 members (excludes halogenated alkanes) is 1. The van der Waals surface area contributed by atoms with Gasteiger partial charge in [0, 0.05) is 13.1 Å². The second-order valence-corrected chi connectivity index (χ2v) is 4.86. The number of amides is 1. The number of hydrogen-bond acceptors (Lipinski definition) is 3. The van der Waals surface area contributed by atoms with Gasteiger partial charge in [-0.15, -0.1) is 0 Å². The molecule has 1 aromatic rings. The first-order valence-electron chi connectivity index (χ1n) is 6.90. The molecule has 120 valence electrons. The van der Waals surface area contributed by atoms with Crippen molar-refractivity contribution in [1.29, 1.82) is 0 Å². The number of anilines is 1. The van der Waals surface area contributed by atoms with Gasteiger partial charge in [0.15, 0.2) is 0 Å². The first kappa shape index (κ1) is 17.3. The van der Waals surface area contributed by atoms with Crippen LogP contribution in [0, 0.1) is 6.92 Å². The van der Waals surface area contributed by atoms with Crippen LogP contribution in [0.15, 0.2) is 0 Å². The van der Waals surface area contributed by atoms with Crippen molar-refractivity contribution in [3.8, 4) is 0 Å². The van der Waals surface area contributed by atoms with Crippen LogP contribution in [0.2, 0.25) is 0 Å². The summed E-state index contributed by atoms with van der Waals surface area (Å²) in [4.78, 5) is 13.2. The zero-order chi connectivity index (χ0) is 16.2. The smallest absolute Gasteiger partial charge is 0.395 e. The Morgan fingerprint density at radius 3 is 2.48 bits per heavy atom. The average molecular weight is 306 g/mol. The normalized spacial score (nSPS) is 11.7. The van der Waals surface area contributed by atoms with Crippen molar-refractivity contribution in [3.63, 3.8) is 0 Å². The largest absolute Gasteiger partial charge is 0.406 e. The van der Waals surface area contributed by atoms with E-state index in [1.807, 2.05) is 6.92 Å². The highest BCUT2D eigenvalue weighted by molar-refractivity contribution is 5.98. The zero-order valence-electron chi connectivity index (χ0n) is 12.5. The third-order valence-electron chi connectivity index (χ3n) is 3.11. The quantitative estimate of drug-likeness (QED) is 0.878. The number of carbonyl (C=O) groups is 1. The maximum Gasteiger partial charge on any atom is 0.406 e. The van der Waals surface area contributed by atoms with Gasteiger partial charge in [-0.25, -0.2) is 0 Å². The molecule has 1 heterocycles. The molecule has 0 saturated carbocycles. The number of alkyl halides is 3. The Hall–Kier alpha value is -1.73. The first-order valence-corrected chi connectivity index (χ1v) is 6.90. The van der Waals surface area contributed by atoms with Crippen molar-refractivity contribution < 1.29 is 18.0 Å². The lowest BCUT2D eigenvalue weighted by molar-refractivity contribution is -0.140. The molecule has 2 N–H and O–H groups in total. The van der Waals surface area contributed by atoms with E-state index in [1.165, 1.54) is 4.68 Å². The fraction of sp³-hybridized carbons (Fsp3) is 0.692. The zero-order valence-corrected chi connectivity index (χ0v) is 12.5. The molecule has 1 aromatic heterocycles. The number of aromatic nitrogens is 2. The highest BCUT2D eigenvalue weighted by Crippen LogP contribution is 2.22. The summed E-state index contributed by atoms with van der Waals surface area (Å²) >= 11 is 0. The molecule has 0 unspecified atom stereocenters. The molecule has 0 aliphatic carbocycles. The molecule has 5 nitrogen and oxygen atoms in total. The Labute approximate surface area is 121 Å². The molecule has 0 aliphatic heterocycles. The second-order valence-electron chi connectivity index (χ2n) is 4.86. The maximum atomic E-state index is 12.6. The van der Waals surface area contributed by atoms with Gasteiger partial charge in [-0.3, -0.25) is 9.48 Å². The second kappa shape index (κ2) is 6.82. The van der Waals surface area contributed by atoms with E-state index < -0.39 is 18.6 Å². The fourth-order valence-corrected chi connectivity index (χ4v) is 2.02. The van der Waals surface area contributed by atoms with Gasteiger partial charge in [-0.2, -0.15) is 18.3 Å². The Morgan fingerprint density at radius 1 is 1.38 bits per heavy atom. The van der Waals surface area contributed by atoms with Gasteiger partial charge in [-0.05, 0) is 20.3 Å². The lowest BCUT2D eigenvalue weighted by Crippen LogP contribution is -2.40.